The van der Waals surface area contributed by atoms with E-state index in [2.05, 4.69) is 28.3 Å². The number of aromatic nitrogens is 2. The minimum atomic E-state index is 0.431. The average Bonchev–Trinajstić information content (AvgIpc) is 2.87. The minimum Gasteiger partial charge on any atom is -0.346 e. The Morgan fingerprint density at radius 3 is 2.74 bits per heavy atom. The molecule has 1 aliphatic heterocycles. The van der Waals surface area contributed by atoms with Crippen LogP contribution in [0.25, 0.3) is 11.4 Å². The highest BCUT2D eigenvalue weighted by Crippen LogP contribution is 2.45. The molecule has 0 radical (unpaired) electrons. The third kappa shape index (κ3) is 1.76. The number of anilines is 1. The van der Waals surface area contributed by atoms with Crippen LogP contribution < -0.4 is 10.6 Å². The zero-order chi connectivity index (χ0) is 13.0. The monoisotopic (exact) mass is 272 g/mol. The lowest BCUT2D eigenvalue weighted by Crippen LogP contribution is -2.27. The van der Waals surface area contributed by atoms with Crippen molar-refractivity contribution in [2.24, 2.45) is 17.6 Å². The van der Waals surface area contributed by atoms with Crippen molar-refractivity contribution in [3.63, 3.8) is 0 Å². The van der Waals surface area contributed by atoms with Crippen LogP contribution in [-0.2, 0) is 0 Å². The second-order valence-corrected chi connectivity index (χ2v) is 6.26. The van der Waals surface area contributed by atoms with E-state index in [1.54, 1.807) is 0 Å². The van der Waals surface area contributed by atoms with E-state index in [-0.39, 0.29) is 0 Å². The van der Waals surface area contributed by atoms with Crippen molar-refractivity contribution in [1.82, 2.24) is 9.36 Å². The highest BCUT2D eigenvalue weighted by molar-refractivity contribution is 7.09. The van der Waals surface area contributed by atoms with Gasteiger partial charge in [-0.05, 0) is 24.3 Å². The maximum atomic E-state index is 5.97. The molecule has 1 aromatic carbocycles. The van der Waals surface area contributed by atoms with Crippen LogP contribution in [0.5, 0.6) is 0 Å². The van der Waals surface area contributed by atoms with Crippen molar-refractivity contribution >= 4 is 16.7 Å². The third-order valence-corrected chi connectivity index (χ3v) is 5.11. The molecule has 5 heteroatoms. The first-order chi connectivity index (χ1) is 9.24. The number of hydrogen-bond acceptors (Lipinski definition) is 5. The maximum Gasteiger partial charge on any atom is 0.205 e. The van der Waals surface area contributed by atoms with Gasteiger partial charge in [-0.15, -0.1) is 0 Å². The zero-order valence-electron chi connectivity index (χ0n) is 10.8. The second kappa shape index (κ2) is 4.02. The summed E-state index contributed by atoms with van der Waals surface area (Å²) < 4.78 is 4.51. The van der Waals surface area contributed by atoms with Gasteiger partial charge in [-0.3, -0.25) is 0 Å². The average molecular weight is 272 g/mol. The zero-order valence-corrected chi connectivity index (χ0v) is 11.6. The van der Waals surface area contributed by atoms with Crippen LogP contribution >= 0.6 is 11.5 Å². The molecule has 2 heterocycles. The normalized spacial score (nSPS) is 28.5. The SMILES string of the molecule is Cc1ccccc1-c1nsc(N2C[C@@H]3C(N)[C@@H]3C2)n1. The fraction of sp³-hybridized carbons (Fsp3) is 0.429. The summed E-state index contributed by atoms with van der Waals surface area (Å²) in [7, 11) is 0. The van der Waals surface area contributed by atoms with Crippen LogP contribution in [0.3, 0.4) is 0 Å². The van der Waals surface area contributed by atoms with Gasteiger partial charge in [0.05, 0.1) is 0 Å². The molecule has 3 atom stereocenters. The summed E-state index contributed by atoms with van der Waals surface area (Å²) in [5.74, 6) is 2.22. The molecule has 1 unspecified atom stereocenters. The fourth-order valence-corrected chi connectivity index (χ4v) is 3.70. The van der Waals surface area contributed by atoms with Crippen molar-refractivity contribution in [3.8, 4) is 11.4 Å². The van der Waals surface area contributed by atoms with E-state index in [1.807, 2.05) is 12.1 Å². The molecule has 1 saturated heterocycles. The number of aryl methyl sites for hydroxylation is 1. The molecule has 19 heavy (non-hydrogen) atoms. The van der Waals surface area contributed by atoms with Gasteiger partial charge in [0, 0.05) is 36.2 Å². The Morgan fingerprint density at radius 1 is 1.26 bits per heavy atom. The first kappa shape index (κ1) is 11.4. The largest absolute Gasteiger partial charge is 0.346 e. The Hall–Kier alpha value is -1.46. The highest BCUT2D eigenvalue weighted by Gasteiger charge is 2.54. The molecular formula is C14H16N4S. The molecular weight excluding hydrogens is 256 g/mol. The van der Waals surface area contributed by atoms with E-state index in [4.69, 9.17) is 10.7 Å². The van der Waals surface area contributed by atoms with Gasteiger partial charge in [-0.1, -0.05) is 24.3 Å². The van der Waals surface area contributed by atoms with E-state index in [0.29, 0.717) is 17.9 Å². The van der Waals surface area contributed by atoms with Gasteiger partial charge in [0.15, 0.2) is 5.82 Å². The molecule has 0 amide bonds. The standard InChI is InChI=1S/C14H16N4S/c1-8-4-2-3-5-9(8)13-16-14(19-17-13)18-6-10-11(7-18)12(10)15/h2-5,10-12H,6-7,15H2,1H3/t10-,11+,12?. The van der Waals surface area contributed by atoms with Gasteiger partial charge in [-0.2, -0.15) is 9.36 Å². The van der Waals surface area contributed by atoms with Gasteiger partial charge in [0.2, 0.25) is 5.13 Å². The van der Waals surface area contributed by atoms with E-state index in [1.165, 1.54) is 17.1 Å². The molecule has 1 aromatic heterocycles. The first-order valence-corrected chi connectivity index (χ1v) is 7.41. The molecule has 98 valence electrons. The topological polar surface area (TPSA) is 55.0 Å². The van der Waals surface area contributed by atoms with Crippen LogP contribution in [-0.4, -0.2) is 28.5 Å². The predicted octanol–water partition coefficient (Wildman–Crippen LogP) is 1.91. The van der Waals surface area contributed by atoms with Crippen LogP contribution in [0.15, 0.2) is 24.3 Å². The number of hydrogen-bond donors (Lipinski definition) is 1. The van der Waals surface area contributed by atoms with Crippen molar-refractivity contribution in [1.29, 1.82) is 0 Å². The number of piperidine rings is 1. The Kier molecular flexibility index (Phi) is 2.40. The first-order valence-electron chi connectivity index (χ1n) is 6.64. The van der Waals surface area contributed by atoms with E-state index in [0.717, 1.165) is 29.6 Å². The summed E-state index contributed by atoms with van der Waals surface area (Å²) in [5, 5.41) is 1.04. The van der Waals surface area contributed by atoms with Gasteiger partial charge in [0.1, 0.15) is 0 Å². The third-order valence-electron chi connectivity index (χ3n) is 4.33. The Labute approximate surface area is 116 Å². The van der Waals surface area contributed by atoms with E-state index < -0.39 is 0 Å². The molecule has 1 saturated carbocycles. The summed E-state index contributed by atoms with van der Waals surface area (Å²) in [6, 6.07) is 8.69. The maximum absolute atomic E-state index is 5.97. The molecule has 2 aliphatic rings. The Bertz CT molecular complexity index is 611. The minimum absolute atomic E-state index is 0.431. The summed E-state index contributed by atoms with van der Waals surface area (Å²) >= 11 is 1.50. The summed E-state index contributed by atoms with van der Waals surface area (Å²) in [6.07, 6.45) is 0. The Morgan fingerprint density at radius 2 is 2.00 bits per heavy atom. The van der Waals surface area contributed by atoms with Crippen molar-refractivity contribution in [2.45, 2.75) is 13.0 Å². The molecule has 2 aromatic rings. The summed E-state index contributed by atoms with van der Waals surface area (Å²) in [6.45, 7) is 4.20. The smallest absolute Gasteiger partial charge is 0.205 e. The Balaban J connectivity index is 1.59. The molecule has 2 fully saturated rings. The predicted molar refractivity (Wildman–Crippen MR) is 77.3 cm³/mol. The fourth-order valence-electron chi connectivity index (χ4n) is 3.01. The lowest BCUT2D eigenvalue weighted by atomic mass is 10.1. The van der Waals surface area contributed by atoms with Crippen LogP contribution in [0.4, 0.5) is 5.13 Å². The molecule has 0 spiro atoms. The number of rotatable bonds is 2. The van der Waals surface area contributed by atoms with Crippen molar-refractivity contribution < 1.29 is 0 Å². The lowest BCUT2D eigenvalue weighted by Gasteiger charge is -2.16. The summed E-state index contributed by atoms with van der Waals surface area (Å²) in [5.41, 5.74) is 8.32. The molecule has 2 N–H and O–H groups in total. The van der Waals surface area contributed by atoms with Crippen molar-refractivity contribution in [3.05, 3.63) is 29.8 Å². The lowest BCUT2D eigenvalue weighted by molar-refractivity contribution is 0.741. The van der Waals surface area contributed by atoms with Gasteiger partial charge < -0.3 is 10.6 Å². The van der Waals surface area contributed by atoms with Crippen LogP contribution in [0.1, 0.15) is 5.56 Å². The molecule has 1 aliphatic carbocycles. The summed E-state index contributed by atoms with van der Waals surface area (Å²) in [4.78, 5) is 7.03. The van der Waals surface area contributed by atoms with Gasteiger partial charge >= 0.3 is 0 Å². The number of benzene rings is 1. The van der Waals surface area contributed by atoms with Crippen LogP contribution in [0, 0.1) is 18.8 Å². The second-order valence-electron chi connectivity index (χ2n) is 5.53. The molecule has 0 bridgehead atoms. The van der Waals surface area contributed by atoms with Gasteiger partial charge in [0.25, 0.3) is 0 Å². The van der Waals surface area contributed by atoms with Gasteiger partial charge in [-0.25, -0.2) is 0 Å². The molecule has 4 nitrogen and oxygen atoms in total. The number of fused-ring (bicyclic) bond motifs is 1. The highest BCUT2D eigenvalue weighted by atomic mass is 32.1. The number of nitrogens with zero attached hydrogens (tertiary/aromatic N) is 3. The van der Waals surface area contributed by atoms with Crippen molar-refractivity contribution in [2.75, 3.05) is 18.0 Å². The molecule has 4 rings (SSSR count). The quantitative estimate of drug-likeness (QED) is 0.907. The van der Waals surface area contributed by atoms with E-state index >= 15 is 0 Å². The van der Waals surface area contributed by atoms with Crippen LogP contribution in [0.2, 0.25) is 0 Å². The van der Waals surface area contributed by atoms with E-state index in [9.17, 15) is 0 Å². The number of nitrogens with two attached hydrogens (primary N) is 1.